The van der Waals surface area contributed by atoms with Gasteiger partial charge in [0.25, 0.3) is 5.56 Å². The zero-order chi connectivity index (χ0) is 16.4. The van der Waals surface area contributed by atoms with Crippen LogP contribution in [-0.4, -0.2) is 44.5 Å². The first-order valence-corrected chi connectivity index (χ1v) is 7.55. The van der Waals surface area contributed by atoms with E-state index in [0.29, 0.717) is 18.2 Å². The Morgan fingerprint density at radius 3 is 2.74 bits per heavy atom. The van der Waals surface area contributed by atoms with Gasteiger partial charge in [0.05, 0.1) is 5.69 Å². The largest absolute Gasteiger partial charge is 0.351 e. The van der Waals surface area contributed by atoms with Gasteiger partial charge in [0.1, 0.15) is 0 Å². The molecule has 1 aliphatic heterocycles. The van der Waals surface area contributed by atoms with E-state index in [1.165, 1.54) is 10.6 Å². The van der Waals surface area contributed by atoms with E-state index in [1.54, 1.807) is 31.3 Å². The maximum atomic E-state index is 12.2. The van der Waals surface area contributed by atoms with Crippen LogP contribution in [0.2, 0.25) is 0 Å². The summed E-state index contributed by atoms with van der Waals surface area (Å²) in [5.41, 5.74) is 1.33. The van der Waals surface area contributed by atoms with Crippen LogP contribution in [0.4, 0.5) is 5.95 Å². The summed E-state index contributed by atoms with van der Waals surface area (Å²) in [5.74, 6) is 0.585. The Morgan fingerprint density at radius 2 is 2.09 bits per heavy atom. The number of hydrogen-bond acceptors (Lipinski definition) is 5. The zero-order valence-electron chi connectivity index (χ0n) is 13.2. The van der Waals surface area contributed by atoms with Gasteiger partial charge in [-0.2, -0.15) is 0 Å². The van der Waals surface area contributed by atoms with Crippen LogP contribution in [0.15, 0.2) is 35.4 Å². The molecule has 1 N–H and O–H groups in total. The van der Waals surface area contributed by atoms with E-state index >= 15 is 0 Å². The second kappa shape index (κ2) is 6.20. The Morgan fingerprint density at radius 1 is 1.35 bits per heavy atom. The summed E-state index contributed by atoms with van der Waals surface area (Å²) in [7, 11) is 1.69. The van der Waals surface area contributed by atoms with E-state index in [4.69, 9.17) is 0 Å². The number of pyridine rings is 1. The molecule has 1 atom stereocenters. The number of likely N-dealkylation sites (tertiary alicyclic amines) is 1. The molecule has 23 heavy (non-hydrogen) atoms. The van der Waals surface area contributed by atoms with Crippen LogP contribution < -0.4 is 10.9 Å². The molecule has 3 heterocycles. The van der Waals surface area contributed by atoms with Gasteiger partial charge in [-0.15, -0.1) is 0 Å². The van der Waals surface area contributed by atoms with Gasteiger partial charge in [0.15, 0.2) is 0 Å². The average molecular weight is 313 g/mol. The van der Waals surface area contributed by atoms with Crippen molar-refractivity contribution >= 4 is 11.9 Å². The van der Waals surface area contributed by atoms with Crippen molar-refractivity contribution in [2.45, 2.75) is 19.4 Å². The first-order valence-electron chi connectivity index (χ1n) is 7.55. The van der Waals surface area contributed by atoms with Gasteiger partial charge in [-0.25, -0.2) is 4.98 Å². The van der Waals surface area contributed by atoms with Crippen LogP contribution in [0.5, 0.6) is 0 Å². The quantitative estimate of drug-likeness (QED) is 0.909. The van der Waals surface area contributed by atoms with E-state index in [0.717, 1.165) is 18.5 Å². The summed E-state index contributed by atoms with van der Waals surface area (Å²) in [6.07, 6.45) is 4.18. The lowest BCUT2D eigenvalue weighted by Gasteiger charge is -2.17. The summed E-state index contributed by atoms with van der Waals surface area (Å²) in [5, 5.41) is 3.29. The fourth-order valence-electron chi connectivity index (χ4n) is 2.69. The van der Waals surface area contributed by atoms with Crippen LogP contribution in [0.25, 0.3) is 11.3 Å². The van der Waals surface area contributed by atoms with Gasteiger partial charge in [0, 0.05) is 57.1 Å². The Kier molecular flexibility index (Phi) is 4.10. The van der Waals surface area contributed by atoms with Gasteiger partial charge in [0.2, 0.25) is 11.9 Å². The van der Waals surface area contributed by atoms with Crippen molar-refractivity contribution < 1.29 is 4.79 Å². The van der Waals surface area contributed by atoms with Gasteiger partial charge in [-0.1, -0.05) is 0 Å². The molecule has 0 spiro atoms. The van der Waals surface area contributed by atoms with Gasteiger partial charge >= 0.3 is 0 Å². The molecular weight excluding hydrogens is 294 g/mol. The second-order valence-electron chi connectivity index (χ2n) is 5.69. The molecule has 1 amide bonds. The van der Waals surface area contributed by atoms with Crippen molar-refractivity contribution in [3.63, 3.8) is 0 Å². The van der Waals surface area contributed by atoms with E-state index in [-0.39, 0.29) is 17.5 Å². The maximum absolute atomic E-state index is 12.2. The number of nitrogens with zero attached hydrogens (tertiary/aromatic N) is 4. The van der Waals surface area contributed by atoms with Crippen molar-refractivity contribution in [1.29, 1.82) is 0 Å². The van der Waals surface area contributed by atoms with E-state index in [2.05, 4.69) is 15.3 Å². The first-order chi connectivity index (χ1) is 11.0. The molecule has 0 aromatic carbocycles. The van der Waals surface area contributed by atoms with Crippen LogP contribution in [-0.2, 0) is 11.8 Å². The molecule has 2 aromatic rings. The number of carbonyl (C=O) groups excluding carboxylic acids is 1. The fourth-order valence-corrected chi connectivity index (χ4v) is 2.69. The van der Waals surface area contributed by atoms with Gasteiger partial charge in [-0.3, -0.25) is 19.1 Å². The molecule has 1 saturated heterocycles. The van der Waals surface area contributed by atoms with Crippen LogP contribution >= 0.6 is 0 Å². The number of rotatable bonds is 3. The number of anilines is 1. The van der Waals surface area contributed by atoms with E-state index < -0.39 is 0 Å². The van der Waals surface area contributed by atoms with Crippen molar-refractivity contribution in [3.05, 3.63) is 40.9 Å². The minimum Gasteiger partial charge on any atom is -0.351 e. The molecular formula is C16H19N5O2. The molecule has 0 bridgehead atoms. The van der Waals surface area contributed by atoms with Gasteiger partial charge in [-0.05, 0) is 18.6 Å². The molecule has 7 heteroatoms. The smallest absolute Gasteiger partial charge is 0.255 e. The highest BCUT2D eigenvalue weighted by atomic mass is 16.2. The highest BCUT2D eigenvalue weighted by Gasteiger charge is 2.25. The number of hydrogen-bond donors (Lipinski definition) is 1. The lowest BCUT2D eigenvalue weighted by atomic mass is 10.2. The summed E-state index contributed by atoms with van der Waals surface area (Å²) >= 11 is 0. The molecule has 0 saturated carbocycles. The van der Waals surface area contributed by atoms with Crippen LogP contribution in [0.1, 0.15) is 13.3 Å². The molecule has 2 aromatic heterocycles. The highest BCUT2D eigenvalue weighted by Crippen LogP contribution is 2.18. The average Bonchev–Trinajstić information content (AvgIpc) is 3.01. The summed E-state index contributed by atoms with van der Waals surface area (Å²) in [4.78, 5) is 33.9. The normalized spacial score (nSPS) is 17.3. The lowest BCUT2D eigenvalue weighted by Crippen LogP contribution is -2.32. The third-order valence-corrected chi connectivity index (χ3v) is 4.08. The fraction of sp³-hybridized carbons (Fsp3) is 0.375. The monoisotopic (exact) mass is 313 g/mol. The van der Waals surface area contributed by atoms with Crippen molar-refractivity contribution in [2.24, 2.45) is 7.05 Å². The molecule has 1 fully saturated rings. The predicted molar refractivity (Wildman–Crippen MR) is 87.0 cm³/mol. The predicted octanol–water partition coefficient (Wildman–Crippen LogP) is 0.875. The molecule has 3 rings (SSSR count). The minimum atomic E-state index is -0.129. The molecule has 1 aliphatic rings. The highest BCUT2D eigenvalue weighted by molar-refractivity contribution is 5.73. The standard InChI is InChI=1S/C16H19N5O2/c1-11(22)21-8-5-13(10-21)18-16-19-14(9-15(23)20(16)2)12-3-6-17-7-4-12/h3-4,6-7,9,13H,5,8,10H2,1-2H3,(H,18,19). The third-order valence-electron chi connectivity index (χ3n) is 4.08. The van der Waals surface area contributed by atoms with Crippen LogP contribution in [0.3, 0.4) is 0 Å². The van der Waals surface area contributed by atoms with Crippen molar-refractivity contribution in [3.8, 4) is 11.3 Å². The van der Waals surface area contributed by atoms with Crippen molar-refractivity contribution in [1.82, 2.24) is 19.4 Å². The van der Waals surface area contributed by atoms with Crippen LogP contribution in [0, 0.1) is 0 Å². The first kappa shape index (κ1) is 15.2. The SMILES string of the molecule is CC(=O)N1CCC(Nc2nc(-c3ccncc3)cc(=O)n2C)C1. The van der Waals surface area contributed by atoms with E-state index in [9.17, 15) is 9.59 Å². The lowest BCUT2D eigenvalue weighted by molar-refractivity contribution is -0.127. The maximum Gasteiger partial charge on any atom is 0.255 e. The van der Waals surface area contributed by atoms with E-state index in [1.807, 2.05) is 12.1 Å². The summed E-state index contributed by atoms with van der Waals surface area (Å²) < 4.78 is 1.49. The Balaban J connectivity index is 1.86. The topological polar surface area (TPSA) is 80.1 Å². The molecule has 1 unspecified atom stereocenters. The third kappa shape index (κ3) is 3.23. The number of nitrogens with one attached hydrogen (secondary N) is 1. The summed E-state index contributed by atoms with van der Waals surface area (Å²) in [6, 6.07) is 5.25. The number of aromatic nitrogens is 3. The second-order valence-corrected chi connectivity index (χ2v) is 5.69. The Bertz CT molecular complexity index is 772. The zero-order valence-corrected chi connectivity index (χ0v) is 13.2. The van der Waals surface area contributed by atoms with Gasteiger partial charge < -0.3 is 10.2 Å². The molecule has 0 aliphatic carbocycles. The molecule has 7 nitrogen and oxygen atoms in total. The molecule has 120 valence electrons. The summed E-state index contributed by atoms with van der Waals surface area (Å²) in [6.45, 7) is 2.93. The van der Waals surface area contributed by atoms with Crippen molar-refractivity contribution in [2.75, 3.05) is 18.4 Å². The number of amides is 1. The number of carbonyl (C=O) groups is 1. The molecule has 0 radical (unpaired) electrons. The Labute approximate surface area is 134 Å². The Hall–Kier alpha value is -2.70. The minimum absolute atomic E-state index is 0.0710.